The summed E-state index contributed by atoms with van der Waals surface area (Å²) in [7, 11) is 3.38. The zero-order valence-corrected chi connectivity index (χ0v) is 20.8. The Morgan fingerprint density at radius 3 is 2.47 bits per heavy atom. The molecule has 176 valence electrons. The van der Waals surface area contributed by atoms with Gasteiger partial charge in [0.1, 0.15) is 23.8 Å². The standard InChI is InChI=1S/C22H20BrClN6O4/c1-12-16(9-25-29(12)2)27-22(32)20-17(10-26-30(20)3)28-21(31)19-7-5-14(34-19)11-33-18-6-4-13(23)8-15(18)24/h4-10H,11H2,1-3H3,(H,27,32)(H,28,31). The van der Waals surface area contributed by atoms with Crippen molar-refractivity contribution in [3.8, 4) is 5.75 Å². The van der Waals surface area contributed by atoms with Gasteiger partial charge >= 0.3 is 0 Å². The third-order valence-corrected chi connectivity index (χ3v) is 5.82. The molecule has 34 heavy (non-hydrogen) atoms. The fourth-order valence-corrected chi connectivity index (χ4v) is 3.83. The number of aryl methyl sites for hydroxylation is 2. The quantitative estimate of drug-likeness (QED) is 0.351. The first-order valence-corrected chi connectivity index (χ1v) is 11.2. The molecule has 0 fully saturated rings. The highest BCUT2D eigenvalue weighted by molar-refractivity contribution is 9.10. The van der Waals surface area contributed by atoms with Crippen molar-refractivity contribution >= 4 is 50.7 Å². The normalized spacial score (nSPS) is 10.9. The number of hydrogen-bond acceptors (Lipinski definition) is 6. The minimum absolute atomic E-state index is 0.0545. The summed E-state index contributed by atoms with van der Waals surface area (Å²) in [6.45, 7) is 1.91. The maximum Gasteiger partial charge on any atom is 0.291 e. The third kappa shape index (κ3) is 5.00. The van der Waals surface area contributed by atoms with Crippen molar-refractivity contribution in [2.75, 3.05) is 10.6 Å². The van der Waals surface area contributed by atoms with Crippen LogP contribution in [0.15, 0.2) is 51.6 Å². The number of furan rings is 1. The van der Waals surface area contributed by atoms with E-state index in [1.165, 1.54) is 16.9 Å². The van der Waals surface area contributed by atoms with E-state index in [1.54, 1.807) is 49.2 Å². The molecule has 0 saturated heterocycles. The molecule has 0 radical (unpaired) electrons. The van der Waals surface area contributed by atoms with Crippen LogP contribution in [0.5, 0.6) is 5.75 Å². The lowest BCUT2D eigenvalue weighted by molar-refractivity contribution is 0.0992. The van der Waals surface area contributed by atoms with Gasteiger partial charge in [0.05, 0.1) is 34.5 Å². The lowest BCUT2D eigenvalue weighted by atomic mass is 10.3. The second-order valence-electron chi connectivity index (χ2n) is 7.34. The molecular weight excluding hydrogens is 528 g/mol. The highest BCUT2D eigenvalue weighted by Crippen LogP contribution is 2.28. The van der Waals surface area contributed by atoms with E-state index in [9.17, 15) is 9.59 Å². The molecule has 3 aromatic heterocycles. The van der Waals surface area contributed by atoms with Gasteiger partial charge in [0.25, 0.3) is 11.8 Å². The highest BCUT2D eigenvalue weighted by Gasteiger charge is 2.22. The van der Waals surface area contributed by atoms with Crippen molar-refractivity contribution in [3.05, 3.63) is 75.1 Å². The lowest BCUT2D eigenvalue weighted by Gasteiger charge is -2.08. The number of aromatic nitrogens is 4. The number of carbonyl (C=O) groups is 2. The lowest BCUT2D eigenvalue weighted by Crippen LogP contribution is -2.20. The Bertz CT molecular complexity index is 1380. The summed E-state index contributed by atoms with van der Waals surface area (Å²) in [5.74, 6) is 0.000127. The highest BCUT2D eigenvalue weighted by atomic mass is 79.9. The Morgan fingerprint density at radius 1 is 1.06 bits per heavy atom. The number of anilines is 2. The van der Waals surface area contributed by atoms with Gasteiger partial charge in [-0.15, -0.1) is 0 Å². The number of hydrogen-bond donors (Lipinski definition) is 2. The molecule has 4 rings (SSSR count). The zero-order chi connectivity index (χ0) is 24.4. The van der Waals surface area contributed by atoms with Crippen LogP contribution < -0.4 is 15.4 Å². The van der Waals surface area contributed by atoms with Gasteiger partial charge in [-0.05, 0) is 37.3 Å². The average Bonchev–Trinajstić information content (AvgIpc) is 3.49. The Morgan fingerprint density at radius 2 is 1.76 bits per heavy atom. The predicted molar refractivity (Wildman–Crippen MR) is 129 cm³/mol. The fourth-order valence-electron chi connectivity index (χ4n) is 3.10. The van der Waals surface area contributed by atoms with E-state index in [0.717, 1.165) is 10.2 Å². The van der Waals surface area contributed by atoms with Gasteiger partial charge in [-0.25, -0.2) is 0 Å². The molecule has 0 atom stereocenters. The molecule has 0 aliphatic rings. The van der Waals surface area contributed by atoms with E-state index in [4.69, 9.17) is 20.8 Å². The van der Waals surface area contributed by atoms with Gasteiger partial charge in [-0.1, -0.05) is 27.5 Å². The topological polar surface area (TPSA) is 116 Å². The number of carbonyl (C=O) groups excluding carboxylic acids is 2. The third-order valence-electron chi connectivity index (χ3n) is 5.03. The van der Waals surface area contributed by atoms with Gasteiger partial charge in [0.2, 0.25) is 0 Å². The number of nitrogens with one attached hydrogen (secondary N) is 2. The molecule has 12 heteroatoms. The molecule has 4 aromatic rings. The van der Waals surface area contributed by atoms with Crippen LogP contribution in [0.1, 0.15) is 32.5 Å². The van der Waals surface area contributed by atoms with Gasteiger partial charge in [0, 0.05) is 18.6 Å². The molecule has 0 aliphatic carbocycles. The number of nitrogens with zero attached hydrogens (tertiary/aromatic N) is 4. The number of benzene rings is 1. The predicted octanol–water partition coefficient (Wildman–Crippen LogP) is 4.55. The molecule has 2 amide bonds. The minimum atomic E-state index is -0.535. The first-order valence-electron chi connectivity index (χ1n) is 10.0. The molecule has 3 heterocycles. The van der Waals surface area contributed by atoms with Crippen molar-refractivity contribution in [1.82, 2.24) is 19.6 Å². The molecule has 0 unspecified atom stereocenters. The number of amides is 2. The summed E-state index contributed by atoms with van der Waals surface area (Å²) in [5, 5.41) is 14.1. The van der Waals surface area contributed by atoms with Crippen LogP contribution >= 0.6 is 27.5 Å². The molecule has 2 N–H and O–H groups in total. The Labute approximate surface area is 208 Å². The maximum atomic E-state index is 12.9. The summed E-state index contributed by atoms with van der Waals surface area (Å²) in [6.07, 6.45) is 2.95. The molecule has 10 nitrogen and oxygen atoms in total. The maximum absolute atomic E-state index is 12.9. The van der Waals surface area contributed by atoms with Crippen LogP contribution in [0.4, 0.5) is 11.4 Å². The zero-order valence-electron chi connectivity index (χ0n) is 18.4. The number of rotatable bonds is 7. The summed E-state index contributed by atoms with van der Waals surface area (Å²) in [4.78, 5) is 25.6. The second-order valence-corrected chi connectivity index (χ2v) is 8.66. The Hall–Kier alpha value is -3.57. The molecule has 0 saturated carbocycles. The molecule has 1 aromatic carbocycles. The van der Waals surface area contributed by atoms with Crippen LogP contribution in [0.25, 0.3) is 0 Å². The van der Waals surface area contributed by atoms with Crippen molar-refractivity contribution < 1.29 is 18.7 Å². The second kappa shape index (κ2) is 9.74. The van der Waals surface area contributed by atoms with Crippen molar-refractivity contribution in [2.24, 2.45) is 14.1 Å². The van der Waals surface area contributed by atoms with E-state index in [-0.39, 0.29) is 23.7 Å². The summed E-state index contributed by atoms with van der Waals surface area (Å²) in [5.41, 5.74) is 1.77. The number of halogens is 2. The van der Waals surface area contributed by atoms with Crippen LogP contribution in [-0.2, 0) is 20.7 Å². The van der Waals surface area contributed by atoms with Gasteiger partial charge < -0.3 is 19.8 Å². The fraction of sp³-hybridized carbons (Fsp3) is 0.182. The molecule has 0 spiro atoms. The minimum Gasteiger partial charge on any atom is -0.484 e. The van der Waals surface area contributed by atoms with E-state index in [0.29, 0.717) is 22.2 Å². The summed E-state index contributed by atoms with van der Waals surface area (Å²) < 4.78 is 15.1. The van der Waals surface area contributed by atoms with Crippen LogP contribution in [0.3, 0.4) is 0 Å². The van der Waals surface area contributed by atoms with Crippen LogP contribution in [-0.4, -0.2) is 31.4 Å². The van der Waals surface area contributed by atoms with Crippen LogP contribution in [0.2, 0.25) is 5.02 Å². The van der Waals surface area contributed by atoms with E-state index in [2.05, 4.69) is 36.8 Å². The van der Waals surface area contributed by atoms with Gasteiger partial charge in [0.15, 0.2) is 5.76 Å². The van der Waals surface area contributed by atoms with E-state index in [1.807, 2.05) is 6.92 Å². The summed E-state index contributed by atoms with van der Waals surface area (Å²) >= 11 is 9.49. The van der Waals surface area contributed by atoms with Gasteiger partial charge in [-0.3, -0.25) is 19.0 Å². The van der Waals surface area contributed by atoms with E-state index >= 15 is 0 Å². The van der Waals surface area contributed by atoms with Crippen molar-refractivity contribution in [2.45, 2.75) is 13.5 Å². The van der Waals surface area contributed by atoms with Crippen molar-refractivity contribution in [1.29, 1.82) is 0 Å². The number of ether oxygens (including phenoxy) is 1. The average molecular weight is 548 g/mol. The Kier molecular flexibility index (Phi) is 6.75. The molecular formula is C22H20BrClN6O4. The van der Waals surface area contributed by atoms with Crippen LogP contribution in [0, 0.1) is 6.92 Å². The first-order chi connectivity index (χ1) is 16.2. The Balaban J connectivity index is 1.43. The van der Waals surface area contributed by atoms with Crippen molar-refractivity contribution in [3.63, 3.8) is 0 Å². The van der Waals surface area contributed by atoms with E-state index < -0.39 is 11.8 Å². The molecule has 0 aliphatic heterocycles. The molecule has 0 bridgehead atoms. The van der Waals surface area contributed by atoms with Gasteiger partial charge in [-0.2, -0.15) is 10.2 Å². The monoisotopic (exact) mass is 546 g/mol. The first kappa shape index (κ1) is 23.6. The largest absolute Gasteiger partial charge is 0.484 e. The smallest absolute Gasteiger partial charge is 0.291 e. The summed E-state index contributed by atoms with van der Waals surface area (Å²) in [6, 6.07) is 8.40. The SMILES string of the molecule is Cc1c(NC(=O)c2c(NC(=O)c3ccc(COc4ccc(Br)cc4Cl)o3)cnn2C)cnn1C.